The summed E-state index contributed by atoms with van der Waals surface area (Å²) < 4.78 is 10.6. The maximum atomic E-state index is 12.6. The highest BCUT2D eigenvalue weighted by atomic mass is 16.5. The minimum absolute atomic E-state index is 0.0165. The fourth-order valence-electron chi connectivity index (χ4n) is 6.24. The van der Waals surface area contributed by atoms with Crippen LogP contribution in [0.15, 0.2) is 11.6 Å². The lowest BCUT2D eigenvalue weighted by Gasteiger charge is -2.57. The molecule has 6 unspecified atom stereocenters. The number of rotatable bonds is 3. The van der Waals surface area contributed by atoms with Crippen molar-refractivity contribution in [3.8, 4) is 6.07 Å². The van der Waals surface area contributed by atoms with Gasteiger partial charge in [0.2, 0.25) is 0 Å². The molecule has 6 atom stereocenters. The molecule has 0 radical (unpaired) electrons. The summed E-state index contributed by atoms with van der Waals surface area (Å²) in [5.41, 5.74) is 0.895. The van der Waals surface area contributed by atoms with E-state index in [9.17, 15) is 14.9 Å². The quantitative estimate of drug-likeness (QED) is 0.548. The number of allylic oxidation sites excluding steroid dienone is 1. The summed E-state index contributed by atoms with van der Waals surface area (Å²) in [4.78, 5) is 23.9. The Kier molecular flexibility index (Phi) is 5.38. The Morgan fingerprint density at radius 1 is 1.30 bits per heavy atom. The molecule has 0 amide bonds. The van der Waals surface area contributed by atoms with Crippen LogP contribution in [0.2, 0.25) is 0 Å². The average Bonchev–Trinajstić information content (AvgIpc) is 2.63. The Morgan fingerprint density at radius 3 is 2.67 bits per heavy atom. The zero-order valence-electron chi connectivity index (χ0n) is 16.9. The molecular weight excluding hydrogens is 342 g/mol. The van der Waals surface area contributed by atoms with Gasteiger partial charge in [-0.3, -0.25) is 9.59 Å². The summed E-state index contributed by atoms with van der Waals surface area (Å²) in [6.07, 6.45) is 8.01. The van der Waals surface area contributed by atoms with Crippen molar-refractivity contribution in [3.63, 3.8) is 0 Å². The minimum Gasteiger partial charge on any atom is -0.469 e. The monoisotopic (exact) mass is 373 g/mol. The van der Waals surface area contributed by atoms with E-state index in [1.54, 1.807) is 0 Å². The van der Waals surface area contributed by atoms with E-state index in [4.69, 9.17) is 9.47 Å². The summed E-state index contributed by atoms with van der Waals surface area (Å²) in [5, 5.41) is 9.44. The van der Waals surface area contributed by atoms with E-state index in [-0.39, 0.29) is 29.4 Å². The van der Waals surface area contributed by atoms with Crippen LogP contribution in [-0.4, -0.2) is 25.2 Å². The molecule has 3 aliphatic rings. The van der Waals surface area contributed by atoms with Gasteiger partial charge in [0, 0.05) is 19.8 Å². The molecule has 0 aliphatic heterocycles. The first kappa shape index (κ1) is 19.9. The van der Waals surface area contributed by atoms with Gasteiger partial charge in [-0.15, -0.1) is 0 Å². The van der Waals surface area contributed by atoms with Gasteiger partial charge < -0.3 is 9.47 Å². The standard InChI is InChI=1S/C22H31NO4/c1-14(24)27-16-7-10-21(2)15(13-16)5-6-17-18(21)8-11-22(3,20(25)26-4)19(17)9-12-23/h5,16-19H,6-11,13H2,1-4H3. The second-order valence-corrected chi connectivity index (χ2v) is 9.04. The van der Waals surface area contributed by atoms with Gasteiger partial charge in [-0.1, -0.05) is 18.6 Å². The molecule has 0 spiro atoms. The van der Waals surface area contributed by atoms with Crippen LogP contribution in [0.3, 0.4) is 0 Å². The highest BCUT2D eigenvalue weighted by molar-refractivity contribution is 5.77. The zero-order valence-corrected chi connectivity index (χ0v) is 16.9. The van der Waals surface area contributed by atoms with E-state index in [1.807, 2.05) is 6.92 Å². The van der Waals surface area contributed by atoms with Crippen LogP contribution in [0.25, 0.3) is 0 Å². The molecule has 3 rings (SSSR count). The fourth-order valence-corrected chi connectivity index (χ4v) is 6.24. The molecule has 0 bridgehead atoms. The topological polar surface area (TPSA) is 76.4 Å². The van der Waals surface area contributed by atoms with E-state index >= 15 is 0 Å². The third-order valence-corrected chi connectivity index (χ3v) is 7.74. The molecule has 0 N–H and O–H groups in total. The number of esters is 2. The fraction of sp³-hybridized carbons (Fsp3) is 0.773. The summed E-state index contributed by atoms with van der Waals surface area (Å²) in [6.45, 7) is 5.79. The van der Waals surface area contributed by atoms with Crippen LogP contribution < -0.4 is 0 Å². The van der Waals surface area contributed by atoms with E-state index in [0.29, 0.717) is 18.3 Å². The molecule has 148 valence electrons. The van der Waals surface area contributed by atoms with Gasteiger partial charge in [-0.2, -0.15) is 5.26 Å². The zero-order chi connectivity index (χ0) is 19.8. The van der Waals surface area contributed by atoms with Gasteiger partial charge in [0.15, 0.2) is 0 Å². The van der Waals surface area contributed by atoms with Crippen molar-refractivity contribution < 1.29 is 19.1 Å². The lowest BCUT2D eigenvalue weighted by molar-refractivity contribution is -0.164. The maximum Gasteiger partial charge on any atom is 0.311 e. The Morgan fingerprint density at radius 2 is 2.04 bits per heavy atom. The lowest BCUT2D eigenvalue weighted by atomic mass is 9.47. The molecule has 3 aliphatic carbocycles. The third kappa shape index (κ3) is 3.28. The van der Waals surface area contributed by atoms with Crippen molar-refractivity contribution >= 4 is 11.9 Å². The van der Waals surface area contributed by atoms with Crippen molar-refractivity contribution in [2.75, 3.05) is 7.11 Å². The number of carbonyl (C=O) groups excluding carboxylic acids is 2. The Balaban J connectivity index is 1.89. The van der Waals surface area contributed by atoms with Crippen LogP contribution >= 0.6 is 0 Å². The second kappa shape index (κ2) is 7.30. The molecule has 0 aromatic heterocycles. The van der Waals surface area contributed by atoms with Crippen molar-refractivity contribution in [3.05, 3.63) is 11.6 Å². The molecule has 2 saturated carbocycles. The number of carbonyl (C=O) groups is 2. The number of nitrogens with zero attached hydrogens (tertiary/aromatic N) is 1. The second-order valence-electron chi connectivity index (χ2n) is 9.04. The Hall–Kier alpha value is -1.83. The number of hydrogen-bond acceptors (Lipinski definition) is 5. The first-order valence-corrected chi connectivity index (χ1v) is 10.1. The van der Waals surface area contributed by atoms with Crippen molar-refractivity contribution in [1.82, 2.24) is 0 Å². The predicted octanol–water partition coefficient (Wildman–Crippen LogP) is 4.17. The SMILES string of the molecule is COC(=O)C1(C)CCC2C(CC=C3CC(OC(C)=O)CCC32C)C1CC#N. The minimum atomic E-state index is -0.581. The first-order chi connectivity index (χ1) is 12.8. The van der Waals surface area contributed by atoms with Gasteiger partial charge in [0.25, 0.3) is 0 Å². The van der Waals surface area contributed by atoms with Crippen LogP contribution in [0, 0.1) is 39.9 Å². The van der Waals surface area contributed by atoms with E-state index in [2.05, 4.69) is 19.1 Å². The number of ether oxygens (including phenoxy) is 2. The maximum absolute atomic E-state index is 12.6. The summed E-state index contributed by atoms with van der Waals surface area (Å²) in [5.74, 6) is 0.418. The van der Waals surface area contributed by atoms with Crippen LogP contribution in [0.5, 0.6) is 0 Å². The molecule has 0 heterocycles. The van der Waals surface area contributed by atoms with Crippen LogP contribution in [-0.2, 0) is 19.1 Å². The molecule has 5 heteroatoms. The first-order valence-electron chi connectivity index (χ1n) is 10.1. The lowest BCUT2D eigenvalue weighted by Crippen LogP contribution is -2.53. The Labute approximate surface area is 162 Å². The predicted molar refractivity (Wildman–Crippen MR) is 100 cm³/mol. The molecule has 0 saturated heterocycles. The number of methoxy groups -OCH3 is 1. The average molecular weight is 373 g/mol. The van der Waals surface area contributed by atoms with Crippen molar-refractivity contribution in [2.24, 2.45) is 28.6 Å². The van der Waals surface area contributed by atoms with Crippen molar-refractivity contribution in [1.29, 1.82) is 5.26 Å². The van der Waals surface area contributed by atoms with E-state index in [1.165, 1.54) is 19.6 Å². The van der Waals surface area contributed by atoms with Crippen LogP contribution in [0.1, 0.15) is 65.7 Å². The van der Waals surface area contributed by atoms with Crippen molar-refractivity contribution in [2.45, 2.75) is 71.8 Å². The van der Waals surface area contributed by atoms with E-state index in [0.717, 1.165) is 38.5 Å². The van der Waals surface area contributed by atoms with Crippen LogP contribution in [0.4, 0.5) is 0 Å². The smallest absolute Gasteiger partial charge is 0.311 e. The summed E-state index contributed by atoms with van der Waals surface area (Å²) >= 11 is 0. The molecule has 27 heavy (non-hydrogen) atoms. The molecule has 0 aromatic carbocycles. The van der Waals surface area contributed by atoms with Gasteiger partial charge in [0.1, 0.15) is 6.10 Å². The number of hydrogen-bond donors (Lipinski definition) is 0. The normalized spacial score (nSPS) is 40.6. The Bertz CT molecular complexity index is 693. The van der Waals surface area contributed by atoms with Gasteiger partial charge in [-0.25, -0.2) is 0 Å². The largest absolute Gasteiger partial charge is 0.469 e. The van der Waals surface area contributed by atoms with Gasteiger partial charge in [-0.05, 0) is 62.2 Å². The molecular formula is C22H31NO4. The third-order valence-electron chi connectivity index (χ3n) is 7.74. The molecule has 5 nitrogen and oxygen atoms in total. The van der Waals surface area contributed by atoms with Gasteiger partial charge in [0.05, 0.1) is 18.6 Å². The summed E-state index contributed by atoms with van der Waals surface area (Å²) in [7, 11) is 1.44. The summed E-state index contributed by atoms with van der Waals surface area (Å²) in [6, 6.07) is 2.33. The molecule has 2 fully saturated rings. The number of nitriles is 1. The van der Waals surface area contributed by atoms with E-state index < -0.39 is 5.41 Å². The number of fused-ring (bicyclic) bond motifs is 3. The van der Waals surface area contributed by atoms with Gasteiger partial charge >= 0.3 is 11.9 Å². The highest BCUT2D eigenvalue weighted by Crippen LogP contribution is 2.62. The molecule has 0 aromatic rings. The highest BCUT2D eigenvalue weighted by Gasteiger charge is 2.57.